The van der Waals surface area contributed by atoms with E-state index in [1.54, 1.807) is 0 Å². The topological polar surface area (TPSA) is 118 Å². The predicted octanol–water partition coefficient (Wildman–Crippen LogP) is 3.77. The van der Waals surface area contributed by atoms with Crippen molar-refractivity contribution in [3.63, 3.8) is 0 Å². The quantitative estimate of drug-likeness (QED) is 0.292. The molecule has 0 aliphatic carbocycles. The first-order chi connectivity index (χ1) is 15.3. The molecule has 0 aliphatic heterocycles. The summed E-state index contributed by atoms with van der Waals surface area (Å²) in [6.07, 6.45) is 3.39. The fourth-order valence-electron chi connectivity index (χ4n) is 2.84. The Morgan fingerprint density at radius 2 is 1.59 bits per heavy atom. The largest absolute Gasteiger partial charge is 0.323 e. The van der Waals surface area contributed by atoms with Crippen LogP contribution in [0.4, 0.5) is 11.4 Å². The number of rotatable bonds is 9. The van der Waals surface area contributed by atoms with E-state index in [0.29, 0.717) is 17.7 Å². The molecule has 164 valence electrons. The van der Waals surface area contributed by atoms with Gasteiger partial charge in [-0.1, -0.05) is 30.3 Å². The molecule has 3 rings (SSSR count). The lowest BCUT2D eigenvalue weighted by atomic mass is 10.2. The average molecular weight is 452 g/mol. The minimum atomic E-state index is -3.66. The summed E-state index contributed by atoms with van der Waals surface area (Å²) in [5.41, 5.74) is 2.08. The molecule has 0 heterocycles. The van der Waals surface area contributed by atoms with E-state index in [0.717, 1.165) is 5.56 Å². The van der Waals surface area contributed by atoms with Gasteiger partial charge in [0, 0.05) is 30.4 Å². The van der Waals surface area contributed by atoms with Gasteiger partial charge in [0.25, 0.3) is 5.69 Å². The molecule has 0 bridgehead atoms. The number of anilines is 1. The van der Waals surface area contributed by atoms with E-state index >= 15 is 0 Å². The highest BCUT2D eigenvalue weighted by molar-refractivity contribution is 7.89. The van der Waals surface area contributed by atoms with Crippen molar-refractivity contribution in [2.45, 2.75) is 11.3 Å². The minimum Gasteiger partial charge on any atom is -0.323 e. The van der Waals surface area contributed by atoms with Crippen LogP contribution in [0.15, 0.2) is 89.8 Å². The van der Waals surface area contributed by atoms with Crippen molar-refractivity contribution in [3.8, 4) is 0 Å². The zero-order valence-electron chi connectivity index (χ0n) is 17.0. The van der Waals surface area contributed by atoms with Crippen molar-refractivity contribution in [2.75, 3.05) is 11.9 Å². The van der Waals surface area contributed by atoms with Gasteiger partial charge in [-0.2, -0.15) is 0 Å². The highest BCUT2D eigenvalue weighted by Gasteiger charge is 2.13. The second-order valence-corrected chi connectivity index (χ2v) is 8.60. The number of carbonyl (C=O) groups excluding carboxylic acids is 1. The van der Waals surface area contributed by atoms with E-state index in [1.165, 1.54) is 60.7 Å². The highest BCUT2D eigenvalue weighted by atomic mass is 32.2. The molecule has 1 amide bonds. The zero-order valence-corrected chi connectivity index (χ0v) is 17.8. The van der Waals surface area contributed by atoms with Gasteiger partial charge < -0.3 is 5.32 Å². The lowest BCUT2D eigenvalue weighted by Crippen LogP contribution is -2.26. The van der Waals surface area contributed by atoms with E-state index in [9.17, 15) is 23.3 Å². The number of non-ortho nitro benzene ring substituents is 1. The maximum Gasteiger partial charge on any atom is 0.269 e. The van der Waals surface area contributed by atoms with Gasteiger partial charge in [0.2, 0.25) is 15.9 Å². The van der Waals surface area contributed by atoms with Crippen molar-refractivity contribution in [2.24, 2.45) is 0 Å². The van der Waals surface area contributed by atoms with E-state index < -0.39 is 20.9 Å². The fourth-order valence-corrected chi connectivity index (χ4v) is 3.87. The molecule has 0 spiro atoms. The first-order valence-corrected chi connectivity index (χ1v) is 11.2. The molecule has 0 atom stereocenters. The molecular weight excluding hydrogens is 430 g/mol. The Morgan fingerprint density at radius 3 is 2.22 bits per heavy atom. The van der Waals surface area contributed by atoms with Gasteiger partial charge in [-0.15, -0.1) is 0 Å². The molecule has 3 aromatic carbocycles. The monoisotopic (exact) mass is 451 g/mol. The lowest BCUT2D eigenvalue weighted by molar-refractivity contribution is -0.384. The summed E-state index contributed by atoms with van der Waals surface area (Å²) < 4.78 is 27.4. The number of hydrogen-bond acceptors (Lipinski definition) is 5. The van der Waals surface area contributed by atoms with Crippen molar-refractivity contribution in [3.05, 3.63) is 106 Å². The zero-order chi connectivity index (χ0) is 23.0. The fraction of sp³-hybridized carbons (Fsp3) is 0.0870. The summed E-state index contributed by atoms with van der Waals surface area (Å²) in [5, 5.41) is 13.3. The molecule has 0 aliphatic rings. The van der Waals surface area contributed by atoms with Gasteiger partial charge in [-0.3, -0.25) is 14.9 Å². The Balaban J connectivity index is 1.53. The van der Waals surface area contributed by atoms with Crippen LogP contribution in [0.5, 0.6) is 0 Å². The van der Waals surface area contributed by atoms with Crippen molar-refractivity contribution >= 4 is 33.4 Å². The summed E-state index contributed by atoms with van der Waals surface area (Å²) in [5.74, 6) is -0.417. The van der Waals surface area contributed by atoms with E-state index in [2.05, 4.69) is 10.0 Å². The number of nitro groups is 1. The highest BCUT2D eigenvalue weighted by Crippen LogP contribution is 2.15. The van der Waals surface area contributed by atoms with Crippen molar-refractivity contribution in [1.29, 1.82) is 0 Å². The molecule has 0 aromatic heterocycles. The normalized spacial score (nSPS) is 11.4. The number of benzene rings is 3. The summed E-state index contributed by atoms with van der Waals surface area (Å²) in [7, 11) is -3.66. The number of hydrogen-bond donors (Lipinski definition) is 2. The molecule has 32 heavy (non-hydrogen) atoms. The molecule has 8 nitrogen and oxygen atoms in total. The molecule has 3 aromatic rings. The van der Waals surface area contributed by atoms with Crippen LogP contribution in [0.2, 0.25) is 0 Å². The Labute approximate surface area is 185 Å². The van der Waals surface area contributed by atoms with Crippen LogP contribution in [0, 0.1) is 10.1 Å². The van der Waals surface area contributed by atoms with Crippen LogP contribution in [-0.2, 0) is 21.2 Å². The predicted molar refractivity (Wildman–Crippen MR) is 123 cm³/mol. The average Bonchev–Trinajstić information content (AvgIpc) is 2.79. The smallest absolute Gasteiger partial charge is 0.269 e. The SMILES string of the molecule is O=C(C=Cc1ccc([N+](=O)[O-])cc1)Nc1ccc(S(=O)(=O)NCCc2ccccc2)cc1. The van der Waals surface area contributed by atoms with Gasteiger partial charge in [-0.05, 0) is 60.0 Å². The Bertz CT molecular complexity index is 1210. The van der Waals surface area contributed by atoms with Crippen molar-refractivity contribution in [1.82, 2.24) is 4.72 Å². The molecular formula is C23H21N3O5S. The van der Waals surface area contributed by atoms with Crippen LogP contribution in [0.3, 0.4) is 0 Å². The summed E-state index contributed by atoms with van der Waals surface area (Å²) in [6, 6.07) is 21.2. The summed E-state index contributed by atoms with van der Waals surface area (Å²) in [4.78, 5) is 22.3. The molecule has 0 fully saturated rings. The van der Waals surface area contributed by atoms with Crippen LogP contribution >= 0.6 is 0 Å². The number of sulfonamides is 1. The number of nitrogens with zero attached hydrogens (tertiary/aromatic N) is 1. The number of nitro benzene ring substituents is 1. The summed E-state index contributed by atoms with van der Waals surface area (Å²) >= 11 is 0. The van der Waals surface area contributed by atoms with Gasteiger partial charge in [-0.25, -0.2) is 13.1 Å². The number of amides is 1. The molecule has 0 unspecified atom stereocenters. The maximum atomic E-state index is 12.4. The lowest BCUT2D eigenvalue weighted by Gasteiger charge is -2.08. The molecule has 9 heteroatoms. The van der Waals surface area contributed by atoms with E-state index in [4.69, 9.17) is 0 Å². The Morgan fingerprint density at radius 1 is 0.938 bits per heavy atom. The molecule has 0 saturated carbocycles. The first-order valence-electron chi connectivity index (χ1n) is 9.71. The Kier molecular flexibility index (Phi) is 7.48. The van der Waals surface area contributed by atoms with Gasteiger partial charge >= 0.3 is 0 Å². The van der Waals surface area contributed by atoms with Crippen molar-refractivity contribution < 1.29 is 18.1 Å². The second kappa shape index (κ2) is 10.5. The van der Waals surface area contributed by atoms with Gasteiger partial charge in [0.1, 0.15) is 0 Å². The second-order valence-electron chi connectivity index (χ2n) is 6.83. The maximum absolute atomic E-state index is 12.4. The van der Waals surface area contributed by atoms with E-state index in [1.807, 2.05) is 30.3 Å². The van der Waals surface area contributed by atoms with Crippen LogP contribution < -0.4 is 10.0 Å². The first kappa shape index (κ1) is 22.9. The van der Waals surface area contributed by atoms with Gasteiger partial charge in [0.05, 0.1) is 9.82 Å². The summed E-state index contributed by atoms with van der Waals surface area (Å²) in [6.45, 7) is 0.276. The standard InChI is InChI=1S/C23H21N3O5S/c27-23(15-8-19-6-11-21(12-7-19)26(28)29)25-20-9-13-22(14-10-20)32(30,31)24-17-16-18-4-2-1-3-5-18/h1-15,24H,16-17H2,(H,25,27). The Hall–Kier alpha value is -3.82. The van der Waals surface area contributed by atoms with Gasteiger partial charge in [0.15, 0.2) is 0 Å². The third-order valence-corrected chi connectivity index (χ3v) is 5.99. The molecule has 0 radical (unpaired) electrons. The van der Waals surface area contributed by atoms with E-state index in [-0.39, 0.29) is 17.1 Å². The van der Waals surface area contributed by atoms with Crippen LogP contribution in [-0.4, -0.2) is 25.8 Å². The third kappa shape index (κ3) is 6.59. The number of nitrogens with one attached hydrogen (secondary N) is 2. The molecule has 0 saturated heterocycles. The minimum absolute atomic E-state index is 0.0313. The molecule has 2 N–H and O–H groups in total. The van der Waals surface area contributed by atoms with Crippen LogP contribution in [0.25, 0.3) is 6.08 Å². The number of carbonyl (C=O) groups is 1. The third-order valence-electron chi connectivity index (χ3n) is 4.51. The van der Waals surface area contributed by atoms with Crippen LogP contribution in [0.1, 0.15) is 11.1 Å².